The first kappa shape index (κ1) is 21.1. The minimum Gasteiger partial charge on any atom is -0.456 e. The minimum absolute atomic E-state index is 0.645. The topological polar surface area (TPSA) is 26.3 Å². The van der Waals surface area contributed by atoms with E-state index in [-0.39, 0.29) is 0 Å². The molecule has 5 heteroatoms. The molecule has 1 spiro atoms. The molecular weight excluding hydrogens is 528 g/mol. The van der Waals surface area contributed by atoms with Crippen LogP contribution in [0.25, 0.3) is 65.7 Å². The van der Waals surface area contributed by atoms with Crippen LogP contribution in [0.2, 0.25) is 0 Å². The van der Waals surface area contributed by atoms with Crippen molar-refractivity contribution in [2.75, 3.05) is 0 Å². The molecule has 1 unspecified atom stereocenters. The van der Waals surface area contributed by atoms with Gasteiger partial charge in [0.1, 0.15) is 22.6 Å². The van der Waals surface area contributed by atoms with Crippen molar-refractivity contribution < 1.29 is 13.9 Å². The van der Waals surface area contributed by atoms with Crippen LogP contribution in [0.3, 0.4) is 0 Å². The number of benzene rings is 4. The number of hydrogen-bond acceptors (Lipinski definition) is 1. The highest BCUT2D eigenvalue weighted by atomic mass is 16.5. The largest absolute Gasteiger partial charge is 0.456 e. The van der Waals surface area contributed by atoms with Crippen LogP contribution >= 0.6 is 0 Å². The van der Waals surface area contributed by atoms with Gasteiger partial charge in [0, 0.05) is 39.4 Å². The van der Waals surface area contributed by atoms with E-state index in [1.807, 2.05) is 0 Å². The molecule has 198 valence electrons. The lowest BCUT2D eigenvalue weighted by Gasteiger charge is -2.34. The van der Waals surface area contributed by atoms with Crippen LogP contribution in [0, 0.1) is 6.92 Å². The van der Waals surface area contributed by atoms with Gasteiger partial charge in [-0.05, 0) is 55.5 Å². The molecule has 5 nitrogen and oxygen atoms in total. The van der Waals surface area contributed by atoms with E-state index in [0.29, 0.717) is 0 Å². The monoisotopic (exact) mass is 550 g/mol. The van der Waals surface area contributed by atoms with E-state index in [4.69, 9.17) is 4.74 Å². The van der Waals surface area contributed by atoms with E-state index in [0.717, 1.165) is 17.3 Å². The molecule has 0 saturated heterocycles. The lowest BCUT2D eigenvalue weighted by atomic mass is 9.84. The highest BCUT2D eigenvalue weighted by Crippen LogP contribution is 2.57. The Morgan fingerprint density at radius 1 is 0.581 bits per heavy atom. The van der Waals surface area contributed by atoms with Crippen molar-refractivity contribution in [2.24, 2.45) is 0 Å². The van der Waals surface area contributed by atoms with E-state index in [1.165, 1.54) is 76.7 Å². The number of aryl methyl sites for hydroxylation is 1. The van der Waals surface area contributed by atoms with Gasteiger partial charge in [-0.25, -0.2) is 0 Å². The van der Waals surface area contributed by atoms with Crippen LogP contribution in [0.1, 0.15) is 16.8 Å². The number of fused-ring (bicyclic) bond motifs is 10. The maximum atomic E-state index is 6.92. The molecule has 0 saturated carbocycles. The van der Waals surface area contributed by atoms with E-state index in [1.54, 1.807) is 0 Å². The zero-order chi connectivity index (χ0) is 27.8. The molecular formula is C38H22N4O+2. The number of para-hydroxylation sites is 1. The molecule has 0 radical (unpaired) electrons. The third-order valence-electron chi connectivity index (χ3n) is 10.5. The molecule has 3 aliphatic heterocycles. The highest BCUT2D eigenvalue weighted by molar-refractivity contribution is 6.20. The summed E-state index contributed by atoms with van der Waals surface area (Å²) in [7, 11) is 0. The molecule has 0 fully saturated rings. The Morgan fingerprint density at radius 2 is 1.30 bits per heavy atom. The summed E-state index contributed by atoms with van der Waals surface area (Å²) in [6.07, 6.45) is 4.55. The normalized spacial score (nSPS) is 17.2. The number of hydrogen-bond donors (Lipinski definition) is 0. The molecule has 3 aliphatic rings. The summed E-state index contributed by atoms with van der Waals surface area (Å²) < 4.78 is 16.9. The van der Waals surface area contributed by atoms with Gasteiger partial charge >= 0.3 is 5.66 Å². The maximum Gasteiger partial charge on any atom is 0.375 e. The number of nitrogens with zero attached hydrogens (tertiary/aromatic N) is 4. The fraction of sp³-hybridized carbons (Fsp3) is 0.0526. The van der Waals surface area contributed by atoms with E-state index < -0.39 is 5.66 Å². The van der Waals surface area contributed by atoms with Crippen LogP contribution < -0.4 is 13.9 Å². The van der Waals surface area contributed by atoms with Gasteiger partial charge < -0.3 is 9.14 Å². The first-order valence-corrected chi connectivity index (χ1v) is 14.9. The van der Waals surface area contributed by atoms with Crippen molar-refractivity contribution >= 4 is 59.9 Å². The zero-order valence-electron chi connectivity index (χ0n) is 23.2. The molecule has 12 rings (SSSR count). The van der Waals surface area contributed by atoms with Gasteiger partial charge in [0.25, 0.3) is 5.82 Å². The summed E-state index contributed by atoms with van der Waals surface area (Å²) in [5.41, 5.74) is 9.20. The summed E-state index contributed by atoms with van der Waals surface area (Å²) >= 11 is 0. The smallest absolute Gasteiger partial charge is 0.375 e. The lowest BCUT2D eigenvalue weighted by Crippen LogP contribution is -2.75. The standard InChI is InChI=1S/C38H22N4O/c1-21-22-9-2-3-11-24(22)35-26-12-8-20-40-36(26)32-28(41(21)35)16-18-29-33(32)38(40)34-30(43-29)17-15-25-23-10-4-5-13-27(23)42(37(25)34)31-14-6-7-19-39(31)38/h2-20H,1H3/q+2. The van der Waals surface area contributed by atoms with E-state index in [9.17, 15) is 0 Å². The predicted octanol–water partition coefficient (Wildman–Crippen LogP) is 7.41. The molecule has 0 aliphatic carbocycles. The Kier molecular flexibility index (Phi) is 3.20. The van der Waals surface area contributed by atoms with Crippen LogP contribution in [-0.4, -0.2) is 8.97 Å². The second-order valence-corrected chi connectivity index (χ2v) is 12.2. The van der Waals surface area contributed by atoms with E-state index >= 15 is 0 Å². The van der Waals surface area contributed by atoms with E-state index in [2.05, 4.69) is 141 Å². The van der Waals surface area contributed by atoms with Crippen LogP contribution in [-0.2, 0) is 5.66 Å². The average Bonchev–Trinajstić information content (AvgIpc) is 3.67. The quantitative estimate of drug-likeness (QED) is 0.143. The van der Waals surface area contributed by atoms with Crippen molar-refractivity contribution in [1.29, 1.82) is 0 Å². The summed E-state index contributed by atoms with van der Waals surface area (Å²) in [6.45, 7) is 2.25. The third-order valence-corrected chi connectivity index (χ3v) is 10.5. The fourth-order valence-corrected chi connectivity index (χ4v) is 9.06. The predicted molar refractivity (Wildman–Crippen MR) is 167 cm³/mol. The second kappa shape index (κ2) is 6.53. The summed E-state index contributed by atoms with van der Waals surface area (Å²) in [5.74, 6) is 2.98. The second-order valence-electron chi connectivity index (χ2n) is 12.2. The zero-order valence-corrected chi connectivity index (χ0v) is 23.2. The molecule has 8 heterocycles. The molecule has 0 bridgehead atoms. The van der Waals surface area contributed by atoms with Crippen molar-refractivity contribution in [3.8, 4) is 17.3 Å². The Morgan fingerprint density at radius 3 is 2.23 bits per heavy atom. The molecule has 1 atom stereocenters. The van der Waals surface area contributed by atoms with Crippen LogP contribution in [0.4, 0.5) is 0 Å². The van der Waals surface area contributed by atoms with Gasteiger partial charge in [0.2, 0.25) is 5.52 Å². The summed E-state index contributed by atoms with van der Waals surface area (Å²) in [6, 6.07) is 37.6. The van der Waals surface area contributed by atoms with Gasteiger partial charge in [-0.1, -0.05) is 42.5 Å². The van der Waals surface area contributed by atoms with Gasteiger partial charge in [-0.3, -0.25) is 0 Å². The fourth-order valence-electron chi connectivity index (χ4n) is 9.06. The Hall–Kier alpha value is -5.68. The number of rotatable bonds is 0. The average molecular weight is 551 g/mol. The van der Waals surface area contributed by atoms with Crippen LogP contribution in [0.15, 0.2) is 116 Å². The van der Waals surface area contributed by atoms with Gasteiger partial charge in [0.15, 0.2) is 17.3 Å². The first-order chi connectivity index (χ1) is 21.3. The summed E-state index contributed by atoms with van der Waals surface area (Å²) in [4.78, 5) is 0. The first-order valence-electron chi connectivity index (χ1n) is 14.9. The summed E-state index contributed by atoms with van der Waals surface area (Å²) in [5, 5.41) is 7.61. The molecule has 43 heavy (non-hydrogen) atoms. The molecule has 9 aromatic rings. The molecule has 4 aromatic carbocycles. The maximum absolute atomic E-state index is 6.92. The Balaban J connectivity index is 1.42. The van der Waals surface area contributed by atoms with Crippen molar-refractivity contribution in [1.82, 2.24) is 8.97 Å². The molecule has 0 amide bonds. The highest BCUT2D eigenvalue weighted by Gasteiger charge is 2.66. The molecule has 5 aromatic heterocycles. The number of ether oxygens (including phenoxy) is 1. The van der Waals surface area contributed by atoms with Crippen molar-refractivity contribution in [3.63, 3.8) is 0 Å². The lowest BCUT2D eigenvalue weighted by molar-refractivity contribution is -0.956. The van der Waals surface area contributed by atoms with Crippen LogP contribution in [0.5, 0.6) is 11.5 Å². The number of pyridine rings is 3. The van der Waals surface area contributed by atoms with Crippen molar-refractivity contribution in [3.05, 3.63) is 132 Å². The third kappa shape index (κ3) is 1.97. The Bertz CT molecular complexity index is 2840. The number of aromatic nitrogens is 4. The van der Waals surface area contributed by atoms with Gasteiger partial charge in [-0.2, -0.15) is 9.13 Å². The van der Waals surface area contributed by atoms with Crippen molar-refractivity contribution in [2.45, 2.75) is 12.6 Å². The van der Waals surface area contributed by atoms with Gasteiger partial charge in [0.05, 0.1) is 28.0 Å². The SMILES string of the molecule is Cc1c2ccccc2c2c3ccc[n+]4c3c3c5c(ccc3n12)Oc1ccc2c3ccccc3n3c2c1C54[n+]1ccccc1-3. The van der Waals surface area contributed by atoms with Gasteiger partial charge in [-0.15, -0.1) is 4.57 Å². The molecule has 0 N–H and O–H groups in total. The Labute approximate surface area is 244 Å². The minimum atomic E-state index is -0.645.